The highest BCUT2D eigenvalue weighted by Gasteiger charge is 2.25. The summed E-state index contributed by atoms with van der Waals surface area (Å²) in [6, 6.07) is 8.64. The van der Waals surface area contributed by atoms with Gasteiger partial charge in [0.1, 0.15) is 5.75 Å². The van der Waals surface area contributed by atoms with Gasteiger partial charge in [0.25, 0.3) is 0 Å². The van der Waals surface area contributed by atoms with Crippen LogP contribution in [0.1, 0.15) is 33.3 Å². The van der Waals surface area contributed by atoms with Crippen LogP contribution in [0.5, 0.6) is 5.75 Å². The molecule has 1 aliphatic heterocycles. The molecule has 1 aromatic rings. The number of hydrogen-bond donors (Lipinski definition) is 2. The number of aliphatic imine (C=N–C) groups is 1. The molecule has 158 valence electrons. The molecule has 0 aromatic heterocycles. The molecule has 0 amide bonds. The molecule has 6 heteroatoms. The summed E-state index contributed by atoms with van der Waals surface area (Å²) in [6.45, 7) is 16.3. The largest absolute Gasteiger partial charge is 0.494 e. The first-order valence-corrected chi connectivity index (χ1v) is 10.7. The SMILES string of the molecule is CCNC(=NCc1ccccc1OCC)NCC(C(C)C)N1CCN(C)CC1. The van der Waals surface area contributed by atoms with Crippen LogP contribution in [0.2, 0.25) is 0 Å². The highest BCUT2D eigenvalue weighted by Crippen LogP contribution is 2.18. The van der Waals surface area contributed by atoms with Crippen LogP contribution in [0.15, 0.2) is 29.3 Å². The van der Waals surface area contributed by atoms with Gasteiger partial charge in [-0.1, -0.05) is 32.0 Å². The fourth-order valence-corrected chi connectivity index (χ4v) is 3.58. The van der Waals surface area contributed by atoms with E-state index in [1.165, 1.54) is 0 Å². The molecule has 0 bridgehead atoms. The zero-order valence-corrected chi connectivity index (χ0v) is 18.4. The maximum Gasteiger partial charge on any atom is 0.191 e. The van der Waals surface area contributed by atoms with Crippen molar-refractivity contribution in [3.63, 3.8) is 0 Å². The van der Waals surface area contributed by atoms with Crippen LogP contribution in [0.4, 0.5) is 0 Å². The fraction of sp³-hybridized carbons (Fsp3) is 0.682. The summed E-state index contributed by atoms with van der Waals surface area (Å²) < 4.78 is 5.73. The molecule has 1 saturated heterocycles. The lowest BCUT2D eigenvalue weighted by molar-refractivity contribution is 0.0900. The van der Waals surface area contributed by atoms with Crippen molar-refractivity contribution in [1.82, 2.24) is 20.4 Å². The first-order valence-electron chi connectivity index (χ1n) is 10.7. The number of ether oxygens (including phenoxy) is 1. The number of para-hydroxylation sites is 1. The van der Waals surface area contributed by atoms with Crippen molar-refractivity contribution in [3.05, 3.63) is 29.8 Å². The van der Waals surface area contributed by atoms with Crippen molar-refractivity contribution in [2.45, 2.75) is 40.3 Å². The standard InChI is InChI=1S/C22H39N5O/c1-6-23-22(24-16-19-10-8-9-11-21(19)28-7-2)25-17-20(18(3)4)27-14-12-26(5)13-15-27/h8-11,18,20H,6-7,12-17H2,1-5H3,(H2,23,24,25). The van der Waals surface area contributed by atoms with Crippen LogP contribution in [0.3, 0.4) is 0 Å². The minimum Gasteiger partial charge on any atom is -0.494 e. The Kier molecular flexibility index (Phi) is 9.58. The molecule has 1 aliphatic rings. The summed E-state index contributed by atoms with van der Waals surface area (Å²) in [5.74, 6) is 2.38. The number of benzene rings is 1. The summed E-state index contributed by atoms with van der Waals surface area (Å²) in [5.41, 5.74) is 1.11. The monoisotopic (exact) mass is 389 g/mol. The van der Waals surface area contributed by atoms with E-state index in [0.717, 1.165) is 56.5 Å². The molecule has 28 heavy (non-hydrogen) atoms. The van der Waals surface area contributed by atoms with Crippen molar-refractivity contribution in [3.8, 4) is 5.75 Å². The lowest BCUT2D eigenvalue weighted by Crippen LogP contribution is -2.55. The first-order chi connectivity index (χ1) is 13.5. The van der Waals surface area contributed by atoms with Gasteiger partial charge in [-0.05, 0) is 32.9 Å². The van der Waals surface area contributed by atoms with E-state index in [9.17, 15) is 0 Å². The van der Waals surface area contributed by atoms with Gasteiger partial charge in [0, 0.05) is 50.9 Å². The van der Waals surface area contributed by atoms with E-state index in [1.807, 2.05) is 25.1 Å². The van der Waals surface area contributed by atoms with E-state index in [-0.39, 0.29) is 0 Å². The van der Waals surface area contributed by atoms with Gasteiger partial charge in [0.2, 0.25) is 0 Å². The predicted molar refractivity (Wildman–Crippen MR) is 118 cm³/mol. The Bertz CT molecular complexity index is 596. The van der Waals surface area contributed by atoms with Gasteiger partial charge in [-0.25, -0.2) is 4.99 Å². The van der Waals surface area contributed by atoms with Crippen molar-refractivity contribution in [2.24, 2.45) is 10.9 Å². The maximum absolute atomic E-state index is 5.73. The molecule has 1 heterocycles. The minimum atomic E-state index is 0.508. The van der Waals surface area contributed by atoms with E-state index in [2.05, 4.69) is 54.3 Å². The summed E-state index contributed by atoms with van der Waals surface area (Å²) >= 11 is 0. The van der Waals surface area contributed by atoms with Crippen LogP contribution >= 0.6 is 0 Å². The molecule has 1 fully saturated rings. The summed E-state index contributed by atoms with van der Waals surface area (Å²) in [4.78, 5) is 9.82. The van der Waals surface area contributed by atoms with Gasteiger partial charge in [-0.15, -0.1) is 0 Å². The van der Waals surface area contributed by atoms with Gasteiger partial charge in [0.05, 0.1) is 13.2 Å². The zero-order chi connectivity index (χ0) is 20.4. The molecule has 1 aromatic carbocycles. The lowest BCUT2D eigenvalue weighted by atomic mass is 10.0. The summed E-state index contributed by atoms with van der Waals surface area (Å²) in [5, 5.41) is 6.96. The topological polar surface area (TPSA) is 52.1 Å². The minimum absolute atomic E-state index is 0.508. The van der Waals surface area contributed by atoms with Crippen LogP contribution in [-0.4, -0.2) is 74.7 Å². The average Bonchev–Trinajstić information content (AvgIpc) is 2.68. The normalized spacial score (nSPS) is 17.6. The number of guanidine groups is 1. The molecule has 6 nitrogen and oxygen atoms in total. The fourth-order valence-electron chi connectivity index (χ4n) is 3.58. The van der Waals surface area contributed by atoms with Crippen molar-refractivity contribution >= 4 is 5.96 Å². The lowest BCUT2D eigenvalue weighted by Gasteiger charge is -2.40. The third kappa shape index (κ3) is 6.99. The second-order valence-electron chi connectivity index (χ2n) is 7.77. The molecule has 0 radical (unpaired) electrons. The van der Waals surface area contributed by atoms with Gasteiger partial charge in [-0.2, -0.15) is 0 Å². The van der Waals surface area contributed by atoms with E-state index in [4.69, 9.17) is 9.73 Å². The van der Waals surface area contributed by atoms with Crippen LogP contribution in [0.25, 0.3) is 0 Å². The van der Waals surface area contributed by atoms with Gasteiger partial charge < -0.3 is 20.3 Å². The number of nitrogens with zero attached hydrogens (tertiary/aromatic N) is 3. The van der Waals surface area contributed by atoms with Gasteiger partial charge in [-0.3, -0.25) is 4.90 Å². The van der Waals surface area contributed by atoms with E-state index < -0.39 is 0 Å². The Morgan fingerprint density at radius 3 is 2.46 bits per heavy atom. The molecular formula is C22H39N5O. The molecule has 1 unspecified atom stereocenters. The zero-order valence-electron chi connectivity index (χ0n) is 18.4. The average molecular weight is 390 g/mol. The van der Waals surface area contributed by atoms with Crippen LogP contribution < -0.4 is 15.4 Å². The number of nitrogens with one attached hydrogen (secondary N) is 2. The van der Waals surface area contributed by atoms with E-state index >= 15 is 0 Å². The molecular weight excluding hydrogens is 350 g/mol. The van der Waals surface area contributed by atoms with Crippen molar-refractivity contribution < 1.29 is 4.74 Å². The maximum atomic E-state index is 5.73. The second kappa shape index (κ2) is 11.9. The number of likely N-dealkylation sites (N-methyl/N-ethyl adjacent to an activating group) is 1. The Hall–Kier alpha value is -1.79. The Balaban J connectivity index is 1.99. The number of rotatable bonds is 9. The van der Waals surface area contributed by atoms with Crippen LogP contribution in [0, 0.1) is 5.92 Å². The molecule has 2 rings (SSSR count). The highest BCUT2D eigenvalue weighted by molar-refractivity contribution is 5.79. The Labute approximate surface area is 171 Å². The van der Waals surface area contributed by atoms with E-state index in [0.29, 0.717) is 25.1 Å². The highest BCUT2D eigenvalue weighted by atomic mass is 16.5. The Morgan fingerprint density at radius 1 is 1.11 bits per heavy atom. The summed E-state index contributed by atoms with van der Waals surface area (Å²) in [7, 11) is 2.20. The molecule has 0 spiro atoms. The Morgan fingerprint density at radius 2 is 1.82 bits per heavy atom. The quantitative estimate of drug-likeness (QED) is 0.502. The number of hydrogen-bond acceptors (Lipinski definition) is 4. The van der Waals surface area contributed by atoms with Gasteiger partial charge >= 0.3 is 0 Å². The van der Waals surface area contributed by atoms with Crippen molar-refractivity contribution in [1.29, 1.82) is 0 Å². The first kappa shape index (κ1) is 22.5. The molecule has 0 aliphatic carbocycles. The molecule has 0 saturated carbocycles. The van der Waals surface area contributed by atoms with E-state index in [1.54, 1.807) is 0 Å². The molecule has 1 atom stereocenters. The summed E-state index contributed by atoms with van der Waals surface area (Å²) in [6.07, 6.45) is 0. The van der Waals surface area contributed by atoms with Crippen molar-refractivity contribution in [2.75, 3.05) is 52.9 Å². The third-order valence-electron chi connectivity index (χ3n) is 5.28. The number of piperazine rings is 1. The third-order valence-corrected chi connectivity index (χ3v) is 5.28. The van der Waals surface area contributed by atoms with Crippen LogP contribution in [-0.2, 0) is 6.54 Å². The predicted octanol–water partition coefficient (Wildman–Crippen LogP) is 2.41. The smallest absolute Gasteiger partial charge is 0.191 e. The van der Waals surface area contributed by atoms with Gasteiger partial charge in [0.15, 0.2) is 5.96 Å². The second-order valence-corrected chi connectivity index (χ2v) is 7.77. The molecule has 2 N–H and O–H groups in total.